The van der Waals surface area contributed by atoms with Crippen molar-refractivity contribution >= 4 is 23.3 Å². The molecule has 2 heterocycles. The van der Waals surface area contributed by atoms with Crippen LogP contribution in [-0.2, 0) is 11.2 Å². The number of hydrogen-bond acceptors (Lipinski definition) is 3. The smallest absolute Gasteiger partial charge is 0.317 e. The van der Waals surface area contributed by atoms with Gasteiger partial charge in [0, 0.05) is 30.4 Å². The van der Waals surface area contributed by atoms with Gasteiger partial charge in [-0.05, 0) is 18.4 Å². The van der Waals surface area contributed by atoms with Crippen molar-refractivity contribution in [1.82, 2.24) is 10.2 Å². The van der Waals surface area contributed by atoms with Crippen molar-refractivity contribution in [2.75, 3.05) is 13.1 Å². The Morgan fingerprint density at radius 3 is 2.89 bits per heavy atom. The molecule has 5 nitrogen and oxygen atoms in total. The van der Waals surface area contributed by atoms with E-state index in [2.05, 4.69) is 5.32 Å². The summed E-state index contributed by atoms with van der Waals surface area (Å²) < 4.78 is 0. The summed E-state index contributed by atoms with van der Waals surface area (Å²) in [7, 11) is 0. The lowest BCUT2D eigenvalue weighted by Crippen LogP contribution is -2.57. The van der Waals surface area contributed by atoms with Gasteiger partial charge in [-0.1, -0.05) is 6.07 Å². The van der Waals surface area contributed by atoms with Crippen LogP contribution < -0.4 is 5.32 Å². The number of nitrogens with zero attached hydrogens (tertiary/aromatic N) is 1. The van der Waals surface area contributed by atoms with Gasteiger partial charge in [-0.25, -0.2) is 4.79 Å². The molecule has 1 unspecified atom stereocenters. The van der Waals surface area contributed by atoms with E-state index in [9.17, 15) is 9.59 Å². The summed E-state index contributed by atoms with van der Waals surface area (Å²) in [6.45, 7) is 2.58. The number of carbonyl (C=O) groups is 2. The number of rotatable bonds is 4. The summed E-state index contributed by atoms with van der Waals surface area (Å²) in [5.74, 6) is -1.23. The topological polar surface area (TPSA) is 69.6 Å². The van der Waals surface area contributed by atoms with E-state index in [1.54, 1.807) is 11.3 Å². The maximum Gasteiger partial charge on any atom is 0.317 e. The van der Waals surface area contributed by atoms with Gasteiger partial charge in [0.05, 0.1) is 5.92 Å². The number of nitrogens with one attached hydrogen (secondary N) is 1. The van der Waals surface area contributed by atoms with E-state index in [0.717, 1.165) is 6.42 Å². The highest BCUT2D eigenvalue weighted by atomic mass is 32.1. The molecular formula is C12H16N2O3S. The molecular weight excluding hydrogens is 252 g/mol. The number of hydrogen-bond donors (Lipinski definition) is 2. The van der Waals surface area contributed by atoms with E-state index in [-0.39, 0.29) is 12.1 Å². The summed E-state index contributed by atoms with van der Waals surface area (Å²) in [5, 5.41) is 13.6. The maximum atomic E-state index is 11.8. The molecule has 0 saturated carbocycles. The Morgan fingerprint density at radius 1 is 1.61 bits per heavy atom. The lowest BCUT2D eigenvalue weighted by molar-refractivity contribution is -0.146. The van der Waals surface area contributed by atoms with Gasteiger partial charge in [-0.15, -0.1) is 11.3 Å². The van der Waals surface area contributed by atoms with E-state index >= 15 is 0 Å². The molecule has 1 aliphatic rings. The first kappa shape index (κ1) is 12.9. The van der Waals surface area contributed by atoms with Crippen molar-refractivity contribution in [3.63, 3.8) is 0 Å². The molecule has 98 valence electrons. The first-order valence-electron chi connectivity index (χ1n) is 5.87. The zero-order valence-electron chi connectivity index (χ0n) is 10.1. The predicted molar refractivity (Wildman–Crippen MR) is 68.7 cm³/mol. The fourth-order valence-corrected chi connectivity index (χ4v) is 2.72. The van der Waals surface area contributed by atoms with Gasteiger partial charge < -0.3 is 15.3 Å². The average Bonchev–Trinajstić information content (AvgIpc) is 2.66. The fourth-order valence-electron chi connectivity index (χ4n) is 1.88. The summed E-state index contributed by atoms with van der Waals surface area (Å²) in [6.07, 6.45) is 0.805. The molecule has 6 heteroatoms. The van der Waals surface area contributed by atoms with Crippen molar-refractivity contribution in [3.05, 3.63) is 22.4 Å². The molecule has 18 heavy (non-hydrogen) atoms. The zero-order valence-corrected chi connectivity index (χ0v) is 10.9. The van der Waals surface area contributed by atoms with Gasteiger partial charge in [0.1, 0.15) is 0 Å². The highest BCUT2D eigenvalue weighted by Gasteiger charge is 2.35. The van der Waals surface area contributed by atoms with Gasteiger partial charge in [-0.3, -0.25) is 4.79 Å². The van der Waals surface area contributed by atoms with Crippen LogP contribution in [0.25, 0.3) is 0 Å². The van der Waals surface area contributed by atoms with Crippen molar-refractivity contribution in [2.24, 2.45) is 5.92 Å². The lowest BCUT2D eigenvalue weighted by atomic mass is 10.0. The number of urea groups is 1. The predicted octanol–water partition coefficient (Wildman–Crippen LogP) is 1.41. The van der Waals surface area contributed by atoms with Crippen LogP contribution >= 0.6 is 11.3 Å². The Bertz CT molecular complexity index is 427. The summed E-state index contributed by atoms with van der Waals surface area (Å²) in [4.78, 5) is 25.1. The van der Waals surface area contributed by atoms with Crippen LogP contribution in [0, 0.1) is 5.92 Å². The molecule has 1 atom stereocenters. The standard InChI is InChI=1S/C12H16N2O3S/c1-8(5-10-3-2-4-18-10)13-12(17)14-6-9(7-14)11(15)16/h2-4,8-9H,5-7H2,1H3,(H,13,17)(H,15,16). The normalized spacial score (nSPS) is 17.1. The number of amides is 2. The molecule has 1 fully saturated rings. The average molecular weight is 268 g/mol. The molecule has 1 aromatic rings. The highest BCUT2D eigenvalue weighted by molar-refractivity contribution is 7.09. The number of aliphatic carboxylic acids is 1. The lowest BCUT2D eigenvalue weighted by Gasteiger charge is -2.37. The van der Waals surface area contributed by atoms with Crippen LogP contribution in [0.3, 0.4) is 0 Å². The SMILES string of the molecule is CC(Cc1cccs1)NC(=O)N1CC(C(=O)O)C1. The zero-order chi connectivity index (χ0) is 13.1. The Hall–Kier alpha value is -1.56. The molecule has 0 spiro atoms. The maximum absolute atomic E-state index is 11.8. The molecule has 1 aliphatic heterocycles. The third kappa shape index (κ3) is 3.01. The van der Waals surface area contributed by atoms with E-state index < -0.39 is 11.9 Å². The van der Waals surface area contributed by atoms with Gasteiger partial charge in [0.15, 0.2) is 0 Å². The largest absolute Gasteiger partial charge is 0.481 e. The van der Waals surface area contributed by atoms with Crippen LogP contribution in [0.1, 0.15) is 11.8 Å². The second-order valence-electron chi connectivity index (χ2n) is 4.57. The van der Waals surface area contributed by atoms with E-state index in [1.807, 2.05) is 24.4 Å². The minimum atomic E-state index is -0.828. The minimum Gasteiger partial charge on any atom is -0.481 e. The van der Waals surface area contributed by atoms with Crippen molar-refractivity contribution in [3.8, 4) is 0 Å². The van der Waals surface area contributed by atoms with E-state index in [1.165, 1.54) is 9.78 Å². The number of carboxylic acids is 1. The van der Waals surface area contributed by atoms with Gasteiger partial charge in [0.2, 0.25) is 0 Å². The molecule has 2 amide bonds. The quantitative estimate of drug-likeness (QED) is 0.867. The van der Waals surface area contributed by atoms with Gasteiger partial charge >= 0.3 is 12.0 Å². The molecule has 0 bridgehead atoms. The fraction of sp³-hybridized carbons (Fsp3) is 0.500. The molecule has 1 aromatic heterocycles. The number of likely N-dealkylation sites (tertiary alicyclic amines) is 1. The second-order valence-corrected chi connectivity index (χ2v) is 5.61. The van der Waals surface area contributed by atoms with Gasteiger partial charge in [-0.2, -0.15) is 0 Å². The van der Waals surface area contributed by atoms with Crippen LogP contribution in [0.15, 0.2) is 17.5 Å². The summed E-state index contributed by atoms with van der Waals surface area (Å²) in [6, 6.07) is 3.91. The monoisotopic (exact) mass is 268 g/mol. The van der Waals surface area contributed by atoms with Crippen LogP contribution in [0.5, 0.6) is 0 Å². The number of carbonyl (C=O) groups excluding carboxylic acids is 1. The molecule has 0 aliphatic carbocycles. The Kier molecular flexibility index (Phi) is 3.86. The molecule has 1 saturated heterocycles. The van der Waals surface area contributed by atoms with Crippen LogP contribution in [0.4, 0.5) is 4.79 Å². The van der Waals surface area contributed by atoms with Crippen molar-refractivity contribution in [1.29, 1.82) is 0 Å². The Balaban J connectivity index is 1.73. The first-order valence-corrected chi connectivity index (χ1v) is 6.75. The molecule has 0 radical (unpaired) electrons. The Labute approximate surface area is 109 Å². The van der Waals surface area contributed by atoms with E-state index in [4.69, 9.17) is 5.11 Å². The third-order valence-electron chi connectivity index (χ3n) is 2.98. The van der Waals surface area contributed by atoms with Gasteiger partial charge in [0.25, 0.3) is 0 Å². The van der Waals surface area contributed by atoms with E-state index in [0.29, 0.717) is 13.1 Å². The van der Waals surface area contributed by atoms with Crippen LogP contribution in [0.2, 0.25) is 0 Å². The Morgan fingerprint density at radius 2 is 2.33 bits per heavy atom. The summed E-state index contributed by atoms with van der Waals surface area (Å²) in [5.41, 5.74) is 0. The second kappa shape index (κ2) is 5.39. The van der Waals surface area contributed by atoms with Crippen molar-refractivity contribution in [2.45, 2.75) is 19.4 Å². The molecule has 2 rings (SSSR count). The first-order chi connectivity index (χ1) is 8.56. The molecule has 2 N–H and O–H groups in total. The number of carboxylic acid groups (broad SMARTS) is 1. The third-order valence-corrected chi connectivity index (χ3v) is 3.87. The van der Waals surface area contributed by atoms with Crippen LogP contribution in [-0.4, -0.2) is 41.1 Å². The number of thiophene rings is 1. The molecule has 0 aromatic carbocycles. The highest BCUT2D eigenvalue weighted by Crippen LogP contribution is 2.16. The summed E-state index contributed by atoms with van der Waals surface area (Å²) >= 11 is 1.67. The minimum absolute atomic E-state index is 0.0556. The van der Waals surface area contributed by atoms with Crippen molar-refractivity contribution < 1.29 is 14.7 Å².